The summed E-state index contributed by atoms with van der Waals surface area (Å²) in [4.78, 5) is 2.47. The summed E-state index contributed by atoms with van der Waals surface area (Å²) >= 11 is 0. The molecule has 0 N–H and O–H groups in total. The predicted molar refractivity (Wildman–Crippen MR) is 76.8 cm³/mol. The van der Waals surface area contributed by atoms with E-state index in [0.717, 1.165) is 17.1 Å². The Bertz CT molecular complexity index is 367. The summed E-state index contributed by atoms with van der Waals surface area (Å²) in [6.07, 6.45) is 5.56. The molecule has 0 aromatic carbocycles. The molecule has 1 atom stereocenters. The Hall–Kier alpha value is -1.24. The van der Waals surface area contributed by atoms with Gasteiger partial charge in [0.05, 0.1) is 0 Å². The summed E-state index contributed by atoms with van der Waals surface area (Å²) < 4.78 is 0. The van der Waals surface area contributed by atoms with Gasteiger partial charge in [-0.05, 0) is 44.8 Å². The van der Waals surface area contributed by atoms with Crippen LogP contribution in [0.25, 0.3) is 0 Å². The Morgan fingerprint density at radius 2 is 1.82 bits per heavy atom. The molecule has 0 unspecified atom stereocenters. The van der Waals surface area contributed by atoms with E-state index in [4.69, 9.17) is 0 Å². The molecule has 0 aliphatic carbocycles. The highest BCUT2D eigenvalue weighted by Crippen LogP contribution is 2.23. The molecule has 17 heavy (non-hydrogen) atoms. The molecule has 0 aromatic heterocycles. The Morgan fingerprint density at radius 1 is 1.18 bits per heavy atom. The van der Waals surface area contributed by atoms with Crippen LogP contribution in [0.1, 0.15) is 34.1 Å². The van der Waals surface area contributed by atoms with Gasteiger partial charge in [-0.15, -0.1) is 0 Å². The molecule has 1 aliphatic heterocycles. The fourth-order valence-corrected chi connectivity index (χ4v) is 2.06. The van der Waals surface area contributed by atoms with Gasteiger partial charge in [-0.3, -0.25) is 0 Å². The van der Waals surface area contributed by atoms with E-state index in [1.807, 2.05) is 6.92 Å². The van der Waals surface area contributed by atoms with Gasteiger partial charge in [0.15, 0.2) is 0 Å². The zero-order valence-corrected chi connectivity index (χ0v) is 11.7. The number of allylic oxidation sites excluding steroid dienone is 5. The Balaban J connectivity index is 2.79. The monoisotopic (exact) mass is 231 g/mol. The fraction of sp³-hybridized carbons (Fsp3) is 0.500. The zero-order valence-electron chi connectivity index (χ0n) is 11.7. The minimum atomic E-state index is 0.807. The van der Waals surface area contributed by atoms with E-state index in [1.165, 1.54) is 30.8 Å². The predicted octanol–water partition coefficient (Wildman–Crippen LogP) is 4.31. The molecule has 0 radical (unpaired) electrons. The molecule has 1 nitrogen and oxygen atoms in total. The Kier molecular flexibility index (Phi) is 4.80. The zero-order chi connectivity index (χ0) is 13.0. The van der Waals surface area contributed by atoms with Crippen LogP contribution in [0, 0.1) is 5.92 Å². The molecule has 1 heteroatoms. The highest BCUT2D eigenvalue weighted by Gasteiger charge is 2.19. The second-order valence-electron chi connectivity index (χ2n) is 5.36. The molecule has 1 heterocycles. The first-order chi connectivity index (χ1) is 7.91. The van der Waals surface area contributed by atoms with Crippen LogP contribution in [-0.2, 0) is 0 Å². The molecule has 0 aromatic rings. The SMILES string of the molecule is C=C(C)C(=C)/C=C\C(=C(C)C)N1CC[C@H](C)C1. The fourth-order valence-electron chi connectivity index (χ4n) is 2.06. The van der Waals surface area contributed by atoms with Gasteiger partial charge in [0.1, 0.15) is 0 Å². The second-order valence-corrected chi connectivity index (χ2v) is 5.36. The first-order valence-electron chi connectivity index (χ1n) is 6.37. The van der Waals surface area contributed by atoms with Gasteiger partial charge in [0.25, 0.3) is 0 Å². The van der Waals surface area contributed by atoms with Gasteiger partial charge in [-0.2, -0.15) is 0 Å². The first-order valence-corrected chi connectivity index (χ1v) is 6.37. The Morgan fingerprint density at radius 3 is 2.24 bits per heavy atom. The van der Waals surface area contributed by atoms with Crippen LogP contribution >= 0.6 is 0 Å². The van der Waals surface area contributed by atoms with Crippen molar-refractivity contribution in [1.29, 1.82) is 0 Å². The second kappa shape index (κ2) is 5.90. The molecular formula is C16H25N. The van der Waals surface area contributed by atoms with E-state index in [-0.39, 0.29) is 0 Å². The minimum absolute atomic E-state index is 0.807. The smallest absolute Gasteiger partial charge is 0.0352 e. The van der Waals surface area contributed by atoms with E-state index in [0.29, 0.717) is 0 Å². The highest BCUT2D eigenvalue weighted by molar-refractivity contribution is 5.37. The highest BCUT2D eigenvalue weighted by atomic mass is 15.2. The van der Waals surface area contributed by atoms with Gasteiger partial charge in [-0.25, -0.2) is 0 Å². The summed E-state index contributed by atoms with van der Waals surface area (Å²) in [6, 6.07) is 0. The lowest BCUT2D eigenvalue weighted by Gasteiger charge is -2.21. The van der Waals surface area contributed by atoms with E-state index in [9.17, 15) is 0 Å². The van der Waals surface area contributed by atoms with Crippen molar-refractivity contribution in [2.75, 3.05) is 13.1 Å². The van der Waals surface area contributed by atoms with Crippen LogP contribution in [0.15, 0.2) is 47.7 Å². The van der Waals surface area contributed by atoms with Crippen LogP contribution < -0.4 is 0 Å². The van der Waals surface area contributed by atoms with Crippen molar-refractivity contribution in [3.8, 4) is 0 Å². The lowest BCUT2D eigenvalue weighted by atomic mass is 10.1. The quantitative estimate of drug-likeness (QED) is 0.652. The Labute approximate surface area is 106 Å². The summed E-state index contributed by atoms with van der Waals surface area (Å²) in [5.74, 6) is 0.807. The van der Waals surface area contributed by atoms with Crippen molar-refractivity contribution in [2.45, 2.75) is 34.1 Å². The molecule has 0 amide bonds. The molecule has 1 fully saturated rings. The van der Waals surface area contributed by atoms with Crippen LogP contribution in [0.5, 0.6) is 0 Å². The summed E-state index contributed by atoms with van der Waals surface area (Å²) in [7, 11) is 0. The van der Waals surface area contributed by atoms with Gasteiger partial charge in [0, 0.05) is 18.8 Å². The van der Waals surface area contributed by atoms with Gasteiger partial charge in [0.2, 0.25) is 0 Å². The number of hydrogen-bond donors (Lipinski definition) is 0. The molecule has 0 saturated carbocycles. The first kappa shape index (κ1) is 13.8. The summed E-state index contributed by atoms with van der Waals surface area (Å²) in [6.45, 7) is 18.9. The maximum absolute atomic E-state index is 4.00. The van der Waals surface area contributed by atoms with Crippen LogP contribution in [0.4, 0.5) is 0 Å². The van der Waals surface area contributed by atoms with Crippen molar-refractivity contribution in [3.63, 3.8) is 0 Å². The number of likely N-dealkylation sites (tertiary alicyclic amines) is 1. The summed E-state index contributed by atoms with van der Waals surface area (Å²) in [5, 5.41) is 0. The molecule has 1 saturated heterocycles. The van der Waals surface area contributed by atoms with Crippen molar-refractivity contribution < 1.29 is 0 Å². The van der Waals surface area contributed by atoms with Crippen molar-refractivity contribution in [1.82, 2.24) is 4.90 Å². The molecule has 94 valence electrons. The largest absolute Gasteiger partial charge is 0.371 e. The van der Waals surface area contributed by atoms with Crippen LogP contribution in [-0.4, -0.2) is 18.0 Å². The van der Waals surface area contributed by atoms with E-state index >= 15 is 0 Å². The average Bonchev–Trinajstić information content (AvgIpc) is 2.64. The van der Waals surface area contributed by atoms with Crippen molar-refractivity contribution in [2.24, 2.45) is 5.92 Å². The van der Waals surface area contributed by atoms with E-state index < -0.39 is 0 Å². The van der Waals surface area contributed by atoms with Gasteiger partial charge in [-0.1, -0.05) is 37.3 Å². The number of hydrogen-bond acceptors (Lipinski definition) is 1. The maximum Gasteiger partial charge on any atom is 0.0352 e. The average molecular weight is 231 g/mol. The third-order valence-electron chi connectivity index (χ3n) is 3.27. The third kappa shape index (κ3) is 3.92. The normalized spacial score (nSPS) is 19.8. The molecule has 0 bridgehead atoms. The topological polar surface area (TPSA) is 3.24 Å². The molecule has 1 aliphatic rings. The number of nitrogens with zero attached hydrogens (tertiary/aromatic N) is 1. The maximum atomic E-state index is 4.00. The summed E-state index contributed by atoms with van der Waals surface area (Å²) in [5.41, 5.74) is 4.75. The number of rotatable bonds is 4. The van der Waals surface area contributed by atoms with Gasteiger partial charge >= 0.3 is 0 Å². The lowest BCUT2D eigenvalue weighted by molar-refractivity contribution is 0.419. The standard InChI is InChI=1S/C16H25N/c1-12(2)15(6)7-8-16(13(3)4)17-10-9-14(5)11-17/h7-8,14H,1,6,9-11H2,2-5H3/b8-7-/t14-/m0/s1. The van der Waals surface area contributed by atoms with Gasteiger partial charge < -0.3 is 4.90 Å². The van der Waals surface area contributed by atoms with E-state index in [2.05, 4.69) is 51.0 Å². The third-order valence-corrected chi connectivity index (χ3v) is 3.27. The van der Waals surface area contributed by atoms with Crippen LogP contribution in [0.3, 0.4) is 0 Å². The van der Waals surface area contributed by atoms with Crippen LogP contribution in [0.2, 0.25) is 0 Å². The minimum Gasteiger partial charge on any atom is -0.371 e. The molecule has 1 rings (SSSR count). The molecular weight excluding hydrogens is 206 g/mol. The molecule has 0 spiro atoms. The van der Waals surface area contributed by atoms with E-state index in [1.54, 1.807) is 0 Å². The van der Waals surface area contributed by atoms with Crippen molar-refractivity contribution >= 4 is 0 Å². The van der Waals surface area contributed by atoms with Crippen molar-refractivity contribution in [3.05, 3.63) is 47.7 Å². The lowest BCUT2D eigenvalue weighted by Crippen LogP contribution is -2.19.